The minimum atomic E-state index is -3.64. The van der Waals surface area contributed by atoms with Gasteiger partial charge in [-0.3, -0.25) is 4.79 Å². The van der Waals surface area contributed by atoms with Gasteiger partial charge in [0, 0.05) is 44.8 Å². The second-order valence-electron chi connectivity index (χ2n) is 10.3. The van der Waals surface area contributed by atoms with Gasteiger partial charge in [-0.2, -0.15) is 4.31 Å². The summed E-state index contributed by atoms with van der Waals surface area (Å²) in [4.78, 5) is 22.1. The first-order chi connectivity index (χ1) is 18.0. The number of nitrogens with zero attached hydrogens (tertiary/aromatic N) is 4. The second kappa shape index (κ2) is 11.8. The number of sulfonamides is 1. The predicted molar refractivity (Wildman–Crippen MR) is 154 cm³/mol. The first-order valence-corrected chi connectivity index (χ1v) is 15.4. The highest BCUT2D eigenvalue weighted by atomic mass is 35.5. The summed E-state index contributed by atoms with van der Waals surface area (Å²) in [7, 11) is -2.03. The Balaban J connectivity index is 1.43. The van der Waals surface area contributed by atoms with Gasteiger partial charge < -0.3 is 14.5 Å². The van der Waals surface area contributed by atoms with Gasteiger partial charge >= 0.3 is 0 Å². The number of aromatic nitrogens is 1. The fraction of sp³-hybridized carbons (Fsp3) is 0.481. The van der Waals surface area contributed by atoms with Crippen molar-refractivity contribution in [3.8, 4) is 5.75 Å². The Bertz CT molecular complexity index is 1370. The van der Waals surface area contributed by atoms with Crippen molar-refractivity contribution in [2.24, 2.45) is 11.8 Å². The highest BCUT2D eigenvalue weighted by molar-refractivity contribution is 7.89. The maximum absolute atomic E-state index is 13.3. The summed E-state index contributed by atoms with van der Waals surface area (Å²) < 4.78 is 34.4. The van der Waals surface area contributed by atoms with Crippen molar-refractivity contribution >= 4 is 54.2 Å². The van der Waals surface area contributed by atoms with Crippen LogP contribution in [0.25, 0.3) is 10.2 Å². The molecule has 1 saturated heterocycles. The summed E-state index contributed by atoms with van der Waals surface area (Å²) in [5.74, 6) is 1.00. The van der Waals surface area contributed by atoms with E-state index < -0.39 is 10.0 Å². The lowest BCUT2D eigenvalue weighted by Gasteiger charge is -2.34. The van der Waals surface area contributed by atoms with E-state index in [-0.39, 0.29) is 22.6 Å². The van der Waals surface area contributed by atoms with E-state index in [1.54, 1.807) is 40.6 Å². The molecule has 3 aromatic rings. The SMILES string of the molecule is COc1ccc(Cl)c2sc(N3CCN(C(=O)c4ccc(S(=O)(=O)N(CC(C)C)CC(C)C)cc4)CC3)nc12. The molecule has 0 unspecified atom stereocenters. The van der Waals surface area contributed by atoms with Crippen molar-refractivity contribution in [1.82, 2.24) is 14.2 Å². The van der Waals surface area contributed by atoms with Gasteiger partial charge in [-0.05, 0) is 48.2 Å². The number of halogens is 1. The molecule has 1 aliphatic heterocycles. The van der Waals surface area contributed by atoms with Crippen LogP contribution in [-0.2, 0) is 10.0 Å². The molecule has 1 aliphatic rings. The molecule has 0 N–H and O–H groups in total. The van der Waals surface area contributed by atoms with Crippen LogP contribution in [-0.4, -0.2) is 74.9 Å². The number of amides is 1. The number of hydrogen-bond acceptors (Lipinski definition) is 7. The standard InChI is InChI=1S/C27H35ClN4O4S2/c1-18(2)16-32(17-19(3)4)38(34,35)21-8-6-20(7-9-21)26(33)30-12-14-31(15-13-30)27-29-24-23(36-5)11-10-22(28)25(24)37-27/h6-11,18-19H,12-17H2,1-5H3. The monoisotopic (exact) mass is 578 g/mol. The van der Waals surface area contributed by atoms with E-state index in [1.807, 2.05) is 39.8 Å². The summed E-state index contributed by atoms with van der Waals surface area (Å²) in [6, 6.07) is 9.95. The van der Waals surface area contributed by atoms with Crippen molar-refractivity contribution in [1.29, 1.82) is 0 Å². The summed E-state index contributed by atoms with van der Waals surface area (Å²) >= 11 is 7.89. The summed E-state index contributed by atoms with van der Waals surface area (Å²) in [6.45, 7) is 11.3. The topological polar surface area (TPSA) is 83.0 Å². The summed E-state index contributed by atoms with van der Waals surface area (Å²) in [5, 5.41) is 1.49. The largest absolute Gasteiger partial charge is 0.494 e. The minimum Gasteiger partial charge on any atom is -0.494 e. The van der Waals surface area contributed by atoms with E-state index in [1.165, 1.54) is 11.3 Å². The molecule has 38 heavy (non-hydrogen) atoms. The fourth-order valence-electron chi connectivity index (χ4n) is 4.53. The molecule has 0 atom stereocenters. The number of carbonyl (C=O) groups is 1. The number of piperazine rings is 1. The Labute approximate surface area is 234 Å². The molecular formula is C27H35ClN4O4S2. The Kier molecular flexibility index (Phi) is 8.86. The third-order valence-electron chi connectivity index (χ3n) is 6.38. The molecule has 1 amide bonds. The number of rotatable bonds is 9. The Morgan fingerprint density at radius 1 is 1.03 bits per heavy atom. The Morgan fingerprint density at radius 3 is 2.18 bits per heavy atom. The first kappa shape index (κ1) is 28.6. The Morgan fingerprint density at radius 2 is 1.63 bits per heavy atom. The van der Waals surface area contributed by atoms with Gasteiger partial charge in [0.15, 0.2) is 5.13 Å². The van der Waals surface area contributed by atoms with Gasteiger partial charge in [0.05, 0.1) is 21.7 Å². The molecule has 206 valence electrons. The smallest absolute Gasteiger partial charge is 0.253 e. The van der Waals surface area contributed by atoms with Gasteiger partial charge in [-0.15, -0.1) is 0 Å². The number of fused-ring (bicyclic) bond motifs is 1. The number of methoxy groups -OCH3 is 1. The molecule has 2 aromatic carbocycles. The fourth-order valence-corrected chi connectivity index (χ4v) is 7.60. The van der Waals surface area contributed by atoms with Crippen LogP contribution in [0.4, 0.5) is 5.13 Å². The molecule has 0 spiro atoms. The van der Waals surface area contributed by atoms with Gasteiger partial charge in [0.25, 0.3) is 5.91 Å². The average Bonchev–Trinajstić information content (AvgIpc) is 3.34. The lowest BCUT2D eigenvalue weighted by atomic mass is 10.2. The van der Waals surface area contributed by atoms with E-state index in [4.69, 9.17) is 21.3 Å². The predicted octanol–water partition coefficient (Wildman–Crippen LogP) is 5.22. The number of benzene rings is 2. The van der Waals surface area contributed by atoms with E-state index in [2.05, 4.69) is 4.90 Å². The zero-order valence-electron chi connectivity index (χ0n) is 22.5. The van der Waals surface area contributed by atoms with Gasteiger partial charge in [0.1, 0.15) is 11.3 Å². The van der Waals surface area contributed by atoms with Crippen LogP contribution in [0.15, 0.2) is 41.3 Å². The van der Waals surface area contributed by atoms with Gasteiger partial charge in [0.2, 0.25) is 10.0 Å². The third kappa shape index (κ3) is 6.09. The van der Waals surface area contributed by atoms with E-state index in [0.717, 1.165) is 15.3 Å². The van der Waals surface area contributed by atoms with Crippen LogP contribution >= 0.6 is 22.9 Å². The quantitative estimate of drug-likeness (QED) is 0.346. The molecule has 1 aromatic heterocycles. The highest BCUT2D eigenvalue weighted by Crippen LogP contribution is 2.39. The van der Waals surface area contributed by atoms with Crippen LogP contribution in [0.5, 0.6) is 5.75 Å². The molecule has 4 rings (SSSR count). The minimum absolute atomic E-state index is 0.108. The van der Waals surface area contributed by atoms with Gasteiger partial charge in [-0.1, -0.05) is 50.6 Å². The molecule has 0 saturated carbocycles. The first-order valence-electron chi connectivity index (χ1n) is 12.8. The second-order valence-corrected chi connectivity index (χ2v) is 13.7. The van der Waals surface area contributed by atoms with E-state index in [9.17, 15) is 13.2 Å². The van der Waals surface area contributed by atoms with Crippen LogP contribution < -0.4 is 9.64 Å². The molecule has 0 bridgehead atoms. The molecule has 11 heteroatoms. The number of thiazole rings is 1. The van der Waals surface area contributed by atoms with E-state index >= 15 is 0 Å². The average molecular weight is 579 g/mol. The maximum Gasteiger partial charge on any atom is 0.253 e. The van der Waals surface area contributed by atoms with Crippen LogP contribution in [0.1, 0.15) is 38.1 Å². The van der Waals surface area contributed by atoms with Gasteiger partial charge in [-0.25, -0.2) is 13.4 Å². The molecule has 1 fully saturated rings. The number of ether oxygens (including phenoxy) is 1. The molecule has 8 nitrogen and oxygen atoms in total. The number of carbonyl (C=O) groups excluding carboxylic acids is 1. The van der Waals surface area contributed by atoms with Crippen LogP contribution in [0, 0.1) is 11.8 Å². The molecule has 2 heterocycles. The maximum atomic E-state index is 13.3. The van der Waals surface area contributed by atoms with E-state index in [0.29, 0.717) is 55.6 Å². The lowest BCUT2D eigenvalue weighted by Crippen LogP contribution is -2.48. The number of hydrogen-bond donors (Lipinski definition) is 0. The summed E-state index contributed by atoms with van der Waals surface area (Å²) in [5.41, 5.74) is 1.22. The summed E-state index contributed by atoms with van der Waals surface area (Å²) in [6.07, 6.45) is 0. The van der Waals surface area contributed by atoms with Crippen molar-refractivity contribution in [3.63, 3.8) is 0 Å². The molecule has 0 radical (unpaired) electrons. The molecular weight excluding hydrogens is 544 g/mol. The van der Waals surface area contributed by atoms with Crippen molar-refractivity contribution < 1.29 is 17.9 Å². The zero-order valence-corrected chi connectivity index (χ0v) is 24.9. The highest BCUT2D eigenvalue weighted by Gasteiger charge is 2.28. The van der Waals surface area contributed by atoms with Crippen molar-refractivity contribution in [2.75, 3.05) is 51.3 Å². The van der Waals surface area contributed by atoms with Crippen LogP contribution in [0.2, 0.25) is 5.02 Å². The normalized spacial score (nSPS) is 14.8. The van der Waals surface area contributed by atoms with Crippen molar-refractivity contribution in [2.45, 2.75) is 32.6 Å². The zero-order chi connectivity index (χ0) is 27.6. The molecule has 0 aliphatic carbocycles. The third-order valence-corrected chi connectivity index (χ3v) is 9.80. The lowest BCUT2D eigenvalue weighted by molar-refractivity contribution is 0.0746. The Hall–Kier alpha value is -2.40. The van der Waals surface area contributed by atoms with Crippen LogP contribution in [0.3, 0.4) is 0 Å². The number of anilines is 1. The van der Waals surface area contributed by atoms with Crippen molar-refractivity contribution in [3.05, 3.63) is 47.0 Å².